The molecule has 1 amide bonds. The van der Waals surface area contributed by atoms with E-state index in [1.54, 1.807) is 21.9 Å². The van der Waals surface area contributed by atoms with Crippen LogP contribution in [-0.4, -0.2) is 69.3 Å². The molecule has 0 aliphatic carbocycles. The number of amides is 1. The Bertz CT molecular complexity index is 570. The molecule has 0 bridgehead atoms. The second-order valence-corrected chi connectivity index (χ2v) is 6.71. The van der Waals surface area contributed by atoms with Crippen LogP contribution in [0.5, 0.6) is 0 Å². The molecule has 3 atom stereocenters. The quantitative estimate of drug-likeness (QED) is 0.729. The highest BCUT2D eigenvalue weighted by molar-refractivity contribution is 5.91. The first-order valence-electron chi connectivity index (χ1n) is 8.27. The van der Waals surface area contributed by atoms with Gasteiger partial charge in [0.1, 0.15) is 6.10 Å². The molecule has 2 rings (SSSR count). The fraction of sp³-hybridized carbons (Fsp3) is 0.647. The number of carbonyl (C=O) groups is 1. The summed E-state index contributed by atoms with van der Waals surface area (Å²) in [6, 6.07) is 1.83. The van der Waals surface area contributed by atoms with E-state index in [2.05, 4.69) is 5.10 Å². The maximum Gasteiger partial charge on any atom is 0.246 e. The monoisotopic (exact) mass is 337 g/mol. The second-order valence-electron chi connectivity index (χ2n) is 6.71. The van der Waals surface area contributed by atoms with E-state index < -0.39 is 12.2 Å². The lowest BCUT2D eigenvalue weighted by Crippen LogP contribution is -2.50. The lowest BCUT2D eigenvalue weighted by Gasteiger charge is -2.35. The fourth-order valence-electron chi connectivity index (χ4n) is 2.80. The summed E-state index contributed by atoms with van der Waals surface area (Å²) in [5.74, 6) is -0.121. The summed E-state index contributed by atoms with van der Waals surface area (Å²) in [5.41, 5.74) is 0.837. The Hall–Kier alpha value is -1.70. The fourth-order valence-corrected chi connectivity index (χ4v) is 2.80. The Morgan fingerprint density at radius 2 is 2.25 bits per heavy atom. The molecule has 0 saturated carbocycles. The van der Waals surface area contributed by atoms with Crippen LogP contribution < -0.4 is 0 Å². The number of aliphatic hydroxyl groups is 2. The van der Waals surface area contributed by atoms with E-state index in [9.17, 15) is 15.0 Å². The van der Waals surface area contributed by atoms with Crippen molar-refractivity contribution < 1.29 is 19.7 Å². The molecule has 1 aromatic heterocycles. The highest BCUT2D eigenvalue weighted by Gasteiger charge is 2.33. The Balaban J connectivity index is 2.05. The summed E-state index contributed by atoms with van der Waals surface area (Å²) in [6.07, 6.45) is 3.15. The normalized spacial score (nSPS) is 24.7. The highest BCUT2D eigenvalue weighted by Crippen LogP contribution is 2.18. The van der Waals surface area contributed by atoms with E-state index in [0.717, 1.165) is 5.69 Å². The van der Waals surface area contributed by atoms with Gasteiger partial charge >= 0.3 is 0 Å². The number of hydrogen-bond donors (Lipinski definition) is 2. The van der Waals surface area contributed by atoms with Gasteiger partial charge in [0.25, 0.3) is 0 Å². The van der Waals surface area contributed by atoms with Crippen molar-refractivity contribution in [2.45, 2.75) is 26.1 Å². The predicted octanol–water partition coefficient (Wildman–Crippen LogP) is 0.286. The number of rotatable bonds is 6. The molecular formula is C17H27N3O4. The van der Waals surface area contributed by atoms with Crippen molar-refractivity contribution in [1.29, 1.82) is 0 Å². The largest absolute Gasteiger partial charge is 0.390 e. The second kappa shape index (κ2) is 8.41. The van der Waals surface area contributed by atoms with Gasteiger partial charge in [-0.25, -0.2) is 0 Å². The van der Waals surface area contributed by atoms with Gasteiger partial charge in [0.15, 0.2) is 0 Å². The van der Waals surface area contributed by atoms with Gasteiger partial charge in [-0.3, -0.25) is 9.48 Å². The predicted molar refractivity (Wildman–Crippen MR) is 90.0 cm³/mol. The number of aliphatic hydroxyl groups excluding tert-OH is 2. The molecule has 1 aromatic rings. The van der Waals surface area contributed by atoms with Crippen molar-refractivity contribution in [3.05, 3.63) is 24.0 Å². The summed E-state index contributed by atoms with van der Waals surface area (Å²) in [5, 5.41) is 23.9. The van der Waals surface area contributed by atoms with Crippen molar-refractivity contribution in [3.63, 3.8) is 0 Å². The number of carbonyl (C=O) groups excluding carboxylic acids is 1. The molecule has 1 aliphatic rings. The first kappa shape index (κ1) is 18.6. The smallest absolute Gasteiger partial charge is 0.246 e. The molecule has 0 aromatic carbocycles. The zero-order valence-electron chi connectivity index (χ0n) is 14.5. The van der Waals surface area contributed by atoms with Crippen molar-refractivity contribution in [2.24, 2.45) is 18.9 Å². The zero-order chi connectivity index (χ0) is 17.7. The van der Waals surface area contributed by atoms with E-state index in [4.69, 9.17) is 4.74 Å². The van der Waals surface area contributed by atoms with Gasteiger partial charge in [-0.1, -0.05) is 13.8 Å². The van der Waals surface area contributed by atoms with Gasteiger partial charge in [-0.2, -0.15) is 5.10 Å². The maximum absolute atomic E-state index is 12.6. The van der Waals surface area contributed by atoms with Crippen molar-refractivity contribution in [3.8, 4) is 0 Å². The van der Waals surface area contributed by atoms with E-state index >= 15 is 0 Å². The first-order valence-corrected chi connectivity index (χ1v) is 8.27. The third kappa shape index (κ3) is 4.90. The summed E-state index contributed by atoms with van der Waals surface area (Å²) < 4.78 is 6.99. The van der Waals surface area contributed by atoms with E-state index in [1.165, 1.54) is 6.08 Å². The minimum absolute atomic E-state index is 0.128. The number of aryl methyl sites for hydroxylation is 1. The average molecular weight is 337 g/mol. The molecule has 0 unspecified atom stereocenters. The summed E-state index contributed by atoms with van der Waals surface area (Å²) in [6.45, 7) is 5.47. The van der Waals surface area contributed by atoms with Crippen LogP contribution in [0.4, 0.5) is 0 Å². The standard InChI is InChI=1S/C17H27N3O4/c1-12(2)8-20(9-13-10-24-11-15(21)17(13)23)16(22)5-4-14-6-7-18-19(14)3/h4-7,12-13,15,17,21,23H,8-11H2,1-3H3/b5-4+/t13-,15-,17+/m1/s1. The third-order valence-electron chi connectivity index (χ3n) is 4.11. The molecule has 24 heavy (non-hydrogen) atoms. The minimum atomic E-state index is -0.898. The molecule has 1 saturated heterocycles. The topological polar surface area (TPSA) is 87.8 Å². The van der Waals surface area contributed by atoms with Crippen LogP contribution in [-0.2, 0) is 16.6 Å². The molecule has 7 heteroatoms. The molecule has 1 aliphatic heterocycles. The van der Waals surface area contributed by atoms with Gasteiger partial charge in [-0.05, 0) is 18.1 Å². The van der Waals surface area contributed by atoms with Crippen LogP contribution >= 0.6 is 0 Å². The van der Waals surface area contributed by atoms with Gasteiger partial charge in [0, 0.05) is 38.3 Å². The minimum Gasteiger partial charge on any atom is -0.390 e. The van der Waals surface area contributed by atoms with Crippen molar-refractivity contribution >= 4 is 12.0 Å². The van der Waals surface area contributed by atoms with Crippen molar-refractivity contribution in [1.82, 2.24) is 14.7 Å². The number of nitrogens with zero attached hydrogens (tertiary/aromatic N) is 3. The Kier molecular flexibility index (Phi) is 6.53. The molecule has 7 nitrogen and oxygen atoms in total. The van der Waals surface area contributed by atoms with E-state index in [-0.39, 0.29) is 18.4 Å². The lowest BCUT2D eigenvalue weighted by atomic mass is 9.95. The van der Waals surface area contributed by atoms with Gasteiger partial charge in [0.05, 0.1) is 25.0 Å². The molecule has 0 spiro atoms. The molecule has 1 fully saturated rings. The van der Waals surface area contributed by atoms with Crippen LogP contribution in [0.25, 0.3) is 6.08 Å². The molecule has 134 valence electrons. The van der Waals surface area contributed by atoms with Crippen LogP contribution in [0.3, 0.4) is 0 Å². The maximum atomic E-state index is 12.6. The van der Waals surface area contributed by atoms with Gasteiger partial charge in [-0.15, -0.1) is 0 Å². The Labute approximate surface area is 142 Å². The van der Waals surface area contributed by atoms with Gasteiger partial charge in [0.2, 0.25) is 5.91 Å². The van der Waals surface area contributed by atoms with Crippen molar-refractivity contribution in [2.75, 3.05) is 26.3 Å². The first-order chi connectivity index (χ1) is 11.4. The molecule has 0 radical (unpaired) electrons. The van der Waals surface area contributed by atoms with Gasteiger partial charge < -0.3 is 19.8 Å². The number of hydrogen-bond acceptors (Lipinski definition) is 5. The van der Waals surface area contributed by atoms with Crippen LogP contribution in [0.15, 0.2) is 18.3 Å². The summed E-state index contributed by atoms with van der Waals surface area (Å²) >= 11 is 0. The molecular weight excluding hydrogens is 310 g/mol. The summed E-state index contributed by atoms with van der Waals surface area (Å²) in [7, 11) is 1.81. The third-order valence-corrected chi connectivity index (χ3v) is 4.11. The molecule has 2 heterocycles. The Morgan fingerprint density at radius 1 is 1.50 bits per heavy atom. The summed E-state index contributed by atoms with van der Waals surface area (Å²) in [4.78, 5) is 14.3. The van der Waals surface area contributed by atoms with E-state index in [1.807, 2.05) is 27.0 Å². The lowest BCUT2D eigenvalue weighted by molar-refractivity contribution is -0.139. The Morgan fingerprint density at radius 3 is 2.88 bits per heavy atom. The highest BCUT2D eigenvalue weighted by atomic mass is 16.5. The van der Waals surface area contributed by atoms with Crippen LogP contribution in [0, 0.1) is 11.8 Å². The molecule has 2 N–H and O–H groups in total. The zero-order valence-corrected chi connectivity index (χ0v) is 14.5. The SMILES string of the molecule is CC(C)CN(C[C@@H]1COC[C@@H](O)[C@H]1O)C(=O)/C=C/c1ccnn1C. The van der Waals surface area contributed by atoms with Crippen LogP contribution in [0.1, 0.15) is 19.5 Å². The van der Waals surface area contributed by atoms with E-state index in [0.29, 0.717) is 25.6 Å². The average Bonchev–Trinajstić information content (AvgIpc) is 2.93. The number of aromatic nitrogens is 2. The van der Waals surface area contributed by atoms with Crippen LogP contribution in [0.2, 0.25) is 0 Å². The number of ether oxygens (including phenoxy) is 1.